The maximum absolute atomic E-state index is 13.6. The van der Waals surface area contributed by atoms with Crippen molar-refractivity contribution in [3.8, 4) is 0 Å². The van der Waals surface area contributed by atoms with Crippen LogP contribution in [0.1, 0.15) is 23.5 Å². The highest BCUT2D eigenvalue weighted by atomic mass is 19.1. The number of hydrogen-bond donors (Lipinski definition) is 0. The number of carbonyl (C=O) groups is 1. The molecule has 2 nitrogen and oxygen atoms in total. The van der Waals surface area contributed by atoms with Gasteiger partial charge in [-0.3, -0.25) is 4.79 Å². The average Bonchev–Trinajstić information content (AvgIpc) is 3.02. The maximum atomic E-state index is 13.6. The molecular formula is C18H17F2NO. The quantitative estimate of drug-likeness (QED) is 0.849. The van der Waals surface area contributed by atoms with Crippen LogP contribution in [0, 0.1) is 11.6 Å². The van der Waals surface area contributed by atoms with E-state index in [0.717, 1.165) is 6.42 Å². The van der Waals surface area contributed by atoms with Gasteiger partial charge in [0.2, 0.25) is 5.91 Å². The summed E-state index contributed by atoms with van der Waals surface area (Å²) in [5.41, 5.74) is 1.06. The van der Waals surface area contributed by atoms with Gasteiger partial charge in [-0.05, 0) is 24.1 Å². The number of carbonyl (C=O) groups excluding carboxylic acids is 1. The molecule has 22 heavy (non-hydrogen) atoms. The minimum absolute atomic E-state index is 0.143. The van der Waals surface area contributed by atoms with Crippen molar-refractivity contribution >= 4 is 5.91 Å². The van der Waals surface area contributed by atoms with Crippen molar-refractivity contribution in [2.45, 2.75) is 18.8 Å². The van der Waals surface area contributed by atoms with Crippen LogP contribution in [0.5, 0.6) is 0 Å². The molecule has 0 unspecified atom stereocenters. The van der Waals surface area contributed by atoms with Crippen LogP contribution in [0.3, 0.4) is 0 Å². The fourth-order valence-corrected chi connectivity index (χ4v) is 2.95. The molecule has 3 rings (SSSR count). The molecule has 0 aromatic heterocycles. The lowest BCUT2D eigenvalue weighted by Crippen LogP contribution is -2.30. The molecule has 1 heterocycles. The second-order valence-corrected chi connectivity index (χ2v) is 5.61. The zero-order valence-electron chi connectivity index (χ0n) is 12.1. The molecule has 114 valence electrons. The van der Waals surface area contributed by atoms with Crippen LogP contribution in [0.4, 0.5) is 8.78 Å². The normalized spacial score (nSPS) is 17.7. The molecule has 0 bridgehead atoms. The van der Waals surface area contributed by atoms with Gasteiger partial charge in [-0.2, -0.15) is 0 Å². The number of rotatable bonds is 3. The van der Waals surface area contributed by atoms with Crippen LogP contribution in [-0.4, -0.2) is 23.9 Å². The molecule has 0 saturated carbocycles. The first-order valence-corrected chi connectivity index (χ1v) is 7.41. The lowest BCUT2D eigenvalue weighted by molar-refractivity contribution is -0.129. The third-order valence-electron chi connectivity index (χ3n) is 4.20. The smallest absolute Gasteiger partial charge is 0.227 e. The highest BCUT2D eigenvalue weighted by Gasteiger charge is 2.28. The van der Waals surface area contributed by atoms with Crippen LogP contribution >= 0.6 is 0 Å². The van der Waals surface area contributed by atoms with Gasteiger partial charge in [0.1, 0.15) is 11.6 Å². The predicted molar refractivity (Wildman–Crippen MR) is 80.4 cm³/mol. The summed E-state index contributed by atoms with van der Waals surface area (Å²) in [5.74, 6) is -1.24. The first-order valence-electron chi connectivity index (χ1n) is 7.41. The number of hydrogen-bond acceptors (Lipinski definition) is 1. The van der Waals surface area contributed by atoms with Crippen LogP contribution in [0.15, 0.2) is 48.5 Å². The largest absolute Gasteiger partial charge is 0.342 e. The van der Waals surface area contributed by atoms with E-state index in [4.69, 9.17) is 0 Å². The van der Waals surface area contributed by atoms with Gasteiger partial charge in [0.25, 0.3) is 0 Å². The average molecular weight is 301 g/mol. The molecule has 4 heteroatoms. The fraction of sp³-hybridized carbons (Fsp3) is 0.278. The van der Waals surface area contributed by atoms with Gasteiger partial charge in [-0.15, -0.1) is 0 Å². The standard InChI is InChI=1S/C18H17F2NO/c19-16-7-4-8-17(20)15(16)11-18(22)21-10-9-14(12-21)13-5-2-1-3-6-13/h1-8,14H,9-12H2/t14-/m1/s1. The Morgan fingerprint density at radius 1 is 1.05 bits per heavy atom. The van der Waals surface area contributed by atoms with E-state index >= 15 is 0 Å². The zero-order valence-corrected chi connectivity index (χ0v) is 12.1. The summed E-state index contributed by atoms with van der Waals surface area (Å²) < 4.78 is 27.3. The molecule has 0 N–H and O–H groups in total. The summed E-state index contributed by atoms with van der Waals surface area (Å²) in [6.07, 6.45) is 0.662. The van der Waals surface area contributed by atoms with Crippen molar-refractivity contribution in [3.05, 3.63) is 71.3 Å². The number of likely N-dealkylation sites (tertiary alicyclic amines) is 1. The van der Waals surface area contributed by atoms with Crippen LogP contribution < -0.4 is 0 Å². The van der Waals surface area contributed by atoms with Gasteiger partial charge in [0.05, 0.1) is 6.42 Å². The summed E-state index contributed by atoms with van der Waals surface area (Å²) in [7, 11) is 0. The van der Waals surface area contributed by atoms with E-state index in [1.807, 2.05) is 18.2 Å². The van der Waals surface area contributed by atoms with E-state index < -0.39 is 11.6 Å². The minimum Gasteiger partial charge on any atom is -0.342 e. The molecule has 2 aromatic carbocycles. The first-order chi connectivity index (χ1) is 10.6. The second-order valence-electron chi connectivity index (χ2n) is 5.61. The van der Waals surface area contributed by atoms with E-state index in [9.17, 15) is 13.6 Å². The van der Waals surface area contributed by atoms with Crippen molar-refractivity contribution in [3.63, 3.8) is 0 Å². The molecule has 1 aliphatic heterocycles. The maximum Gasteiger partial charge on any atom is 0.227 e. The van der Waals surface area contributed by atoms with Crippen LogP contribution in [0.2, 0.25) is 0 Å². The lowest BCUT2D eigenvalue weighted by Gasteiger charge is -2.17. The monoisotopic (exact) mass is 301 g/mol. The Bertz CT molecular complexity index is 652. The van der Waals surface area contributed by atoms with Crippen molar-refractivity contribution in [1.29, 1.82) is 0 Å². The number of nitrogens with zero attached hydrogens (tertiary/aromatic N) is 1. The molecule has 1 atom stereocenters. The molecule has 0 spiro atoms. The lowest BCUT2D eigenvalue weighted by atomic mass is 9.99. The molecule has 0 aliphatic carbocycles. The van der Waals surface area contributed by atoms with Crippen molar-refractivity contribution in [2.75, 3.05) is 13.1 Å². The highest BCUT2D eigenvalue weighted by Crippen LogP contribution is 2.27. The summed E-state index contributed by atoms with van der Waals surface area (Å²) in [6.45, 7) is 1.24. The number of halogens is 2. The summed E-state index contributed by atoms with van der Waals surface area (Å²) in [6, 6.07) is 13.7. The third-order valence-corrected chi connectivity index (χ3v) is 4.20. The Balaban J connectivity index is 1.67. The predicted octanol–water partition coefficient (Wildman–Crippen LogP) is 3.52. The van der Waals surface area contributed by atoms with Crippen LogP contribution in [-0.2, 0) is 11.2 Å². The highest BCUT2D eigenvalue weighted by molar-refractivity contribution is 5.79. The van der Waals surface area contributed by atoms with Gasteiger partial charge >= 0.3 is 0 Å². The Kier molecular flexibility index (Phi) is 4.18. The SMILES string of the molecule is O=C(Cc1c(F)cccc1F)N1CC[C@@H](c2ccccc2)C1. The third kappa shape index (κ3) is 3.01. The van der Waals surface area contributed by atoms with E-state index in [-0.39, 0.29) is 17.9 Å². The Morgan fingerprint density at radius 2 is 1.73 bits per heavy atom. The van der Waals surface area contributed by atoms with Gasteiger partial charge in [-0.1, -0.05) is 36.4 Å². The van der Waals surface area contributed by atoms with Crippen molar-refractivity contribution in [2.24, 2.45) is 0 Å². The molecule has 1 aliphatic rings. The molecule has 1 fully saturated rings. The molecule has 2 aromatic rings. The number of benzene rings is 2. The summed E-state index contributed by atoms with van der Waals surface area (Å²) in [4.78, 5) is 14.0. The van der Waals surface area contributed by atoms with Gasteiger partial charge in [-0.25, -0.2) is 8.78 Å². The minimum atomic E-state index is -0.660. The van der Waals surface area contributed by atoms with E-state index in [1.54, 1.807) is 4.90 Å². The Hall–Kier alpha value is -2.23. The Morgan fingerprint density at radius 3 is 2.41 bits per heavy atom. The Labute approximate surface area is 128 Å². The van der Waals surface area contributed by atoms with E-state index in [2.05, 4.69) is 12.1 Å². The molecule has 1 saturated heterocycles. The van der Waals surface area contributed by atoms with Gasteiger partial charge in [0.15, 0.2) is 0 Å². The topological polar surface area (TPSA) is 20.3 Å². The summed E-state index contributed by atoms with van der Waals surface area (Å²) >= 11 is 0. The van der Waals surface area contributed by atoms with E-state index in [0.29, 0.717) is 19.0 Å². The van der Waals surface area contributed by atoms with Crippen molar-refractivity contribution in [1.82, 2.24) is 4.90 Å². The van der Waals surface area contributed by atoms with Crippen molar-refractivity contribution < 1.29 is 13.6 Å². The van der Waals surface area contributed by atoms with E-state index in [1.165, 1.54) is 23.8 Å². The zero-order chi connectivity index (χ0) is 15.5. The first kappa shape index (κ1) is 14.7. The molecule has 0 radical (unpaired) electrons. The van der Waals surface area contributed by atoms with Crippen LogP contribution in [0.25, 0.3) is 0 Å². The number of amides is 1. The summed E-state index contributed by atoms with van der Waals surface area (Å²) in [5, 5.41) is 0. The van der Waals surface area contributed by atoms with Gasteiger partial charge in [0, 0.05) is 24.6 Å². The second kappa shape index (κ2) is 6.26. The molecular weight excluding hydrogens is 284 g/mol. The fourth-order valence-electron chi connectivity index (χ4n) is 2.95. The van der Waals surface area contributed by atoms with Gasteiger partial charge < -0.3 is 4.90 Å². The molecule has 1 amide bonds.